The van der Waals surface area contributed by atoms with Crippen LogP contribution in [0.1, 0.15) is 0 Å². The van der Waals surface area contributed by atoms with Crippen molar-refractivity contribution in [1.82, 2.24) is 0 Å². The van der Waals surface area contributed by atoms with Crippen molar-refractivity contribution in [2.75, 3.05) is 0 Å². The average molecular weight is 1480 g/mol. The summed E-state index contributed by atoms with van der Waals surface area (Å²) in [6, 6.07) is 0. The van der Waals surface area contributed by atoms with Crippen molar-refractivity contribution in [3.8, 4) is 0 Å². The van der Waals surface area contributed by atoms with Gasteiger partial charge in [0.15, 0.2) is 0 Å². The van der Waals surface area contributed by atoms with Crippen LogP contribution >= 0.6 is 0 Å². The molecule has 0 unspecified atom stereocenters. The Balaban J connectivity index is 0. The molecule has 10 heavy (non-hydrogen) atoms. The van der Waals surface area contributed by atoms with Crippen LogP contribution < -0.4 is 0 Å². The molecule has 0 aliphatic heterocycles. The molecule has 0 aromatic heterocycles. The summed E-state index contributed by atoms with van der Waals surface area (Å²) in [5.41, 5.74) is 0. The Hall–Kier alpha value is 8.27. The molecule has 0 fully saturated rings. The van der Waals surface area contributed by atoms with Gasteiger partial charge in [0.25, 0.3) is 0 Å². The van der Waals surface area contributed by atoms with Crippen molar-refractivity contribution in [3.63, 3.8) is 0 Å². The fourth-order valence-corrected chi connectivity index (χ4v) is 0. The van der Waals surface area contributed by atoms with Crippen LogP contribution in [0.4, 0.5) is 0 Å². The second kappa shape index (κ2) is 66.9. The molecule has 4 radical (unpaired) electrons. The van der Waals surface area contributed by atoms with Crippen LogP contribution in [0.15, 0.2) is 0 Å². The minimum absolute atomic E-state index is 0. The Morgan fingerprint density at radius 1 is 1.00 bits per heavy atom. The molecular weight excluding hydrogens is 1460 g/mol. The maximum absolute atomic E-state index is 0. The SMILES string of the molecule is [Ag].[Au].[BiH3].[Cd].[GaH3].[Hg].[InH3].[PbH2].[SbH3].[SnH4]. The van der Waals surface area contributed by atoms with Gasteiger partial charge in [-0.25, -0.2) is 0 Å². The van der Waals surface area contributed by atoms with Gasteiger partial charge in [-0.2, -0.15) is 0 Å². The summed E-state index contributed by atoms with van der Waals surface area (Å²) in [4.78, 5) is 0. The van der Waals surface area contributed by atoms with Crippen LogP contribution in [0.3, 0.4) is 0 Å². The van der Waals surface area contributed by atoms with E-state index in [1.165, 1.54) is 0 Å². The Morgan fingerprint density at radius 2 is 1.00 bits per heavy atom. The first-order valence-corrected chi connectivity index (χ1v) is 0. The van der Waals surface area contributed by atoms with Gasteiger partial charge in [0.05, 0.1) is 0 Å². The van der Waals surface area contributed by atoms with E-state index in [4.69, 9.17) is 0 Å². The molecule has 0 saturated carbocycles. The van der Waals surface area contributed by atoms with Crippen molar-refractivity contribution in [1.29, 1.82) is 0 Å². The molecule has 0 aromatic rings. The van der Waals surface area contributed by atoms with Crippen LogP contribution in [0.5, 0.6) is 0 Å². The molecule has 0 N–H and O–H groups in total. The second-order valence-electron chi connectivity index (χ2n) is 0. The fourth-order valence-electron chi connectivity index (χ4n) is 0. The first kappa shape index (κ1) is 79.7. The van der Waals surface area contributed by atoms with Crippen molar-refractivity contribution in [2.45, 2.75) is 0 Å². The normalized spacial score (nSPS) is 0. The molecule has 0 amide bonds. The Bertz CT molecular complexity index is 33.2. The number of hydrogen-bond donors (Lipinski definition) is 0. The van der Waals surface area contributed by atoms with E-state index in [0.717, 1.165) is 0 Å². The molecule has 0 aliphatic carbocycles. The second-order valence-corrected chi connectivity index (χ2v) is 0. The summed E-state index contributed by atoms with van der Waals surface area (Å²) in [5.74, 6) is 0. The van der Waals surface area contributed by atoms with Gasteiger partial charge in [0, 0.05) is 99.7 Å². The quantitative estimate of drug-likeness (QED) is 0.212. The molecule has 0 rings (SSSR count). The van der Waals surface area contributed by atoms with Crippen molar-refractivity contribution >= 4 is 147 Å². The summed E-state index contributed by atoms with van der Waals surface area (Å²) < 4.78 is 0. The summed E-state index contributed by atoms with van der Waals surface area (Å²) in [6.07, 6.45) is 0. The standard InChI is InChI=1S/Ag.Au.Bi.Cd.Ga.Hg.In.Pb.Sb.Sn.18H. The van der Waals surface area contributed by atoms with Gasteiger partial charge >= 0.3 is 147 Å². The van der Waals surface area contributed by atoms with Crippen LogP contribution in [-0.2, 0) is 99.7 Å². The van der Waals surface area contributed by atoms with Gasteiger partial charge in [-0.15, -0.1) is 0 Å². The van der Waals surface area contributed by atoms with Gasteiger partial charge in [-0.1, -0.05) is 0 Å². The average Bonchev–Trinajstić information content (AvgIpc) is 0. The van der Waals surface area contributed by atoms with Crippen LogP contribution in [0.2, 0.25) is 0 Å². The van der Waals surface area contributed by atoms with Gasteiger partial charge in [-0.3, -0.25) is 0 Å². The Kier molecular flexibility index (Phi) is 533. The molecule has 0 heterocycles. The number of hydrogen-bond acceptors (Lipinski definition) is 0. The van der Waals surface area contributed by atoms with Gasteiger partial charge in [-0.05, 0) is 0 Å². The van der Waals surface area contributed by atoms with Gasteiger partial charge in [0.1, 0.15) is 0 Å². The van der Waals surface area contributed by atoms with E-state index in [0.29, 0.717) is 0 Å². The van der Waals surface area contributed by atoms with E-state index >= 15 is 0 Å². The number of rotatable bonds is 0. The van der Waals surface area contributed by atoms with E-state index < -0.39 is 0 Å². The molecule has 0 spiro atoms. The van der Waals surface area contributed by atoms with Gasteiger partial charge in [0.2, 0.25) is 0 Å². The molecule has 0 saturated heterocycles. The van der Waals surface area contributed by atoms with Crippen molar-refractivity contribution in [3.05, 3.63) is 0 Å². The molecule has 0 bridgehead atoms. The molecule has 10 heteroatoms. The minimum atomic E-state index is 0. The monoisotopic (exact) mass is 1480 g/mol. The zero-order valence-electron chi connectivity index (χ0n) is 4.14. The fraction of sp³-hybridized carbons (Fsp3) is 0. The zero-order valence-corrected chi connectivity index (χ0v) is 32.4. The van der Waals surface area contributed by atoms with Crippen LogP contribution in [0, 0.1) is 0 Å². The van der Waals surface area contributed by atoms with E-state index in [9.17, 15) is 0 Å². The van der Waals surface area contributed by atoms with E-state index in [2.05, 4.69) is 0 Å². The van der Waals surface area contributed by atoms with Crippen LogP contribution in [0.25, 0.3) is 0 Å². The third kappa shape index (κ3) is 55.5. The van der Waals surface area contributed by atoms with Crippen molar-refractivity contribution in [2.24, 2.45) is 0 Å². The summed E-state index contributed by atoms with van der Waals surface area (Å²) in [6.45, 7) is 0. The summed E-state index contributed by atoms with van der Waals surface area (Å²) >= 11 is 0. The Labute approximate surface area is 240 Å². The topological polar surface area (TPSA) is 0 Å². The first-order valence-electron chi connectivity index (χ1n) is 0. The van der Waals surface area contributed by atoms with E-state index in [1.807, 2.05) is 0 Å². The molecule has 0 atom stereocenters. The molecule has 0 aliphatic rings. The van der Waals surface area contributed by atoms with E-state index in [-0.39, 0.29) is 247 Å². The third-order valence-corrected chi connectivity index (χ3v) is 0. The zero-order chi connectivity index (χ0) is 0. The van der Waals surface area contributed by atoms with Crippen molar-refractivity contribution < 1.29 is 99.7 Å². The third-order valence-electron chi connectivity index (χ3n) is 0. The molecule has 68 valence electrons. The predicted molar refractivity (Wildman–Crippen MR) is 59.6 cm³/mol. The summed E-state index contributed by atoms with van der Waals surface area (Å²) in [5, 5.41) is 0. The molecule has 0 aromatic carbocycles. The first-order chi connectivity index (χ1) is 0. The summed E-state index contributed by atoms with van der Waals surface area (Å²) in [7, 11) is 0. The predicted octanol–water partition coefficient (Wildman–Crippen LogP) is -7.11. The molecule has 0 nitrogen and oxygen atoms in total. The maximum atomic E-state index is 0. The molecular formula is H18AgAuBiCdGaHgInPbSbSn. The van der Waals surface area contributed by atoms with Gasteiger partial charge < -0.3 is 0 Å². The van der Waals surface area contributed by atoms with E-state index in [1.54, 1.807) is 0 Å². The Morgan fingerprint density at radius 3 is 1.00 bits per heavy atom. The van der Waals surface area contributed by atoms with Crippen LogP contribution in [-0.4, -0.2) is 147 Å².